The first kappa shape index (κ1) is 28.0. The molecule has 0 saturated carbocycles. The number of carbonyl (C=O) groups excluding carboxylic acids is 2. The Morgan fingerprint density at radius 2 is 1.88 bits per heavy atom. The minimum Gasteiger partial charge on any atom is -0.489 e. The number of fused-ring (bicyclic) bond motifs is 2. The largest absolute Gasteiger partial charge is 0.489 e. The van der Waals surface area contributed by atoms with E-state index in [0.717, 1.165) is 19.5 Å². The quantitative estimate of drug-likeness (QED) is 0.491. The van der Waals surface area contributed by atoms with Gasteiger partial charge in [-0.05, 0) is 64.4 Å². The fourth-order valence-electron chi connectivity index (χ4n) is 6.91. The van der Waals surface area contributed by atoms with E-state index in [1.54, 1.807) is 28.0 Å². The number of piperazine rings is 1. The Labute approximate surface area is 245 Å². The fraction of sp³-hybridized carbons (Fsp3) is 0.516. The molecule has 0 bridgehead atoms. The third-order valence-corrected chi connectivity index (χ3v) is 9.44. The SMILES string of the molecule is C=CC(=O)N1CCN2C(=O)c3c(N4CC(N5CCCCC5)CC4(C)C)nc(-c4ccccc4F)c(Cl)c3OC[C@H]2C1. The number of rotatable bonds is 4. The van der Waals surface area contributed by atoms with E-state index in [4.69, 9.17) is 21.3 Å². The van der Waals surface area contributed by atoms with Gasteiger partial charge >= 0.3 is 0 Å². The molecule has 0 aliphatic carbocycles. The predicted molar refractivity (Wildman–Crippen MR) is 157 cm³/mol. The van der Waals surface area contributed by atoms with Crippen molar-refractivity contribution in [1.29, 1.82) is 0 Å². The van der Waals surface area contributed by atoms with Gasteiger partial charge < -0.3 is 19.4 Å². The van der Waals surface area contributed by atoms with Gasteiger partial charge in [-0.3, -0.25) is 14.5 Å². The molecule has 1 aromatic carbocycles. The van der Waals surface area contributed by atoms with Crippen LogP contribution in [0.4, 0.5) is 10.2 Å². The fourth-order valence-corrected chi connectivity index (χ4v) is 7.21. The molecule has 0 radical (unpaired) electrons. The Bertz CT molecular complexity index is 1380. The molecular weight excluding hydrogens is 545 g/mol. The standard InChI is InChI=1S/C31H37ClFN5O3/c1-4-24(39)36-14-15-37-21(17-36)19-41-28-25(30(37)40)29(34-27(26(28)32)22-10-6-7-11-23(22)33)38-18-20(16-31(38,2)3)35-12-8-5-9-13-35/h4,6-7,10-11,20-21H,1,5,8-9,12-19H2,2-3H3/t20?,21-/m1/s1. The Balaban J connectivity index is 1.47. The maximum atomic E-state index is 15.1. The van der Waals surface area contributed by atoms with Crippen LogP contribution in [0.15, 0.2) is 36.9 Å². The number of aromatic nitrogens is 1. The van der Waals surface area contributed by atoms with Crippen LogP contribution < -0.4 is 9.64 Å². The van der Waals surface area contributed by atoms with E-state index in [9.17, 15) is 9.59 Å². The molecule has 8 nitrogen and oxygen atoms in total. The number of benzene rings is 1. The zero-order valence-corrected chi connectivity index (χ0v) is 24.5. The molecule has 1 unspecified atom stereocenters. The van der Waals surface area contributed by atoms with Crippen molar-refractivity contribution in [3.05, 3.63) is 53.3 Å². The summed E-state index contributed by atoms with van der Waals surface area (Å²) >= 11 is 6.94. The molecular formula is C31H37ClFN5O3. The summed E-state index contributed by atoms with van der Waals surface area (Å²) in [5.74, 6) is -0.148. The van der Waals surface area contributed by atoms with Gasteiger partial charge in [0, 0.05) is 43.3 Å². The van der Waals surface area contributed by atoms with Crippen molar-refractivity contribution in [3.63, 3.8) is 0 Å². The van der Waals surface area contributed by atoms with Crippen molar-refractivity contribution in [3.8, 4) is 17.0 Å². The van der Waals surface area contributed by atoms with E-state index in [0.29, 0.717) is 43.6 Å². The van der Waals surface area contributed by atoms with Crippen LogP contribution >= 0.6 is 11.6 Å². The van der Waals surface area contributed by atoms with E-state index < -0.39 is 5.82 Å². The van der Waals surface area contributed by atoms with Crippen LogP contribution in [0.1, 0.15) is 49.9 Å². The molecule has 4 aliphatic rings. The van der Waals surface area contributed by atoms with Gasteiger partial charge in [0.2, 0.25) is 5.91 Å². The molecule has 2 atom stereocenters. The Kier molecular flexibility index (Phi) is 7.44. The van der Waals surface area contributed by atoms with Gasteiger partial charge in [0.05, 0.1) is 11.7 Å². The number of halogens is 2. The first-order valence-electron chi connectivity index (χ1n) is 14.5. The van der Waals surface area contributed by atoms with Crippen LogP contribution in [0.5, 0.6) is 5.75 Å². The van der Waals surface area contributed by atoms with Gasteiger partial charge in [-0.15, -0.1) is 0 Å². The Hall–Kier alpha value is -3.17. The predicted octanol–water partition coefficient (Wildman–Crippen LogP) is 4.62. The van der Waals surface area contributed by atoms with Crippen LogP contribution in [-0.2, 0) is 4.79 Å². The number of likely N-dealkylation sites (tertiary alicyclic amines) is 1. The molecule has 5 heterocycles. The van der Waals surface area contributed by atoms with Gasteiger partial charge in [0.25, 0.3) is 5.91 Å². The van der Waals surface area contributed by atoms with E-state index in [2.05, 4.69) is 30.2 Å². The summed E-state index contributed by atoms with van der Waals surface area (Å²) in [5, 5.41) is 0.116. The van der Waals surface area contributed by atoms with E-state index in [-0.39, 0.29) is 52.0 Å². The lowest BCUT2D eigenvalue weighted by Gasteiger charge is -2.40. The van der Waals surface area contributed by atoms with Crippen LogP contribution in [0.3, 0.4) is 0 Å². The molecule has 41 heavy (non-hydrogen) atoms. The average Bonchev–Trinajstić information content (AvgIpc) is 3.22. The first-order valence-corrected chi connectivity index (χ1v) is 14.9. The van der Waals surface area contributed by atoms with Crippen molar-refractivity contribution in [2.75, 3.05) is 50.8 Å². The summed E-state index contributed by atoms with van der Waals surface area (Å²) in [5.41, 5.74) is 0.511. The Morgan fingerprint density at radius 3 is 2.61 bits per heavy atom. The van der Waals surface area contributed by atoms with Crippen LogP contribution in [0.2, 0.25) is 5.02 Å². The molecule has 10 heteroatoms. The second kappa shape index (κ2) is 10.9. The molecule has 4 aliphatic heterocycles. The molecule has 3 fully saturated rings. The highest BCUT2D eigenvalue weighted by molar-refractivity contribution is 6.35. The number of ether oxygens (including phenoxy) is 1. The van der Waals surface area contributed by atoms with Gasteiger partial charge in [0.1, 0.15) is 28.8 Å². The second-order valence-electron chi connectivity index (χ2n) is 12.1. The number of amides is 2. The number of pyridine rings is 1. The van der Waals surface area contributed by atoms with Crippen LogP contribution in [0.25, 0.3) is 11.3 Å². The minimum atomic E-state index is -0.448. The molecule has 1 aromatic heterocycles. The second-order valence-corrected chi connectivity index (χ2v) is 12.5. The maximum absolute atomic E-state index is 15.1. The number of piperidine rings is 1. The molecule has 2 aromatic rings. The summed E-state index contributed by atoms with van der Waals surface area (Å²) in [4.78, 5) is 39.9. The summed E-state index contributed by atoms with van der Waals surface area (Å²) in [6.45, 7) is 12.0. The normalized spacial score (nSPS) is 24.4. The van der Waals surface area contributed by atoms with Gasteiger partial charge in [0.15, 0.2) is 5.75 Å². The van der Waals surface area contributed by atoms with Crippen molar-refractivity contribution in [2.45, 2.75) is 57.2 Å². The van der Waals surface area contributed by atoms with E-state index in [1.165, 1.54) is 31.4 Å². The number of nitrogens with zero attached hydrogens (tertiary/aromatic N) is 5. The van der Waals surface area contributed by atoms with E-state index >= 15 is 4.39 Å². The summed E-state index contributed by atoms with van der Waals surface area (Å²) in [7, 11) is 0. The molecule has 0 spiro atoms. The lowest BCUT2D eigenvalue weighted by molar-refractivity contribution is -0.128. The molecule has 3 saturated heterocycles. The number of hydrogen-bond acceptors (Lipinski definition) is 6. The van der Waals surface area contributed by atoms with Crippen LogP contribution in [-0.4, -0.2) is 95.0 Å². The van der Waals surface area contributed by atoms with Crippen molar-refractivity contribution < 1.29 is 18.7 Å². The topological polar surface area (TPSA) is 69.2 Å². The van der Waals surface area contributed by atoms with Crippen molar-refractivity contribution >= 4 is 29.2 Å². The third kappa shape index (κ3) is 4.97. The lowest BCUT2D eigenvalue weighted by Crippen LogP contribution is -2.57. The Morgan fingerprint density at radius 1 is 1.12 bits per heavy atom. The summed E-state index contributed by atoms with van der Waals surface area (Å²) < 4.78 is 21.5. The number of carbonyl (C=O) groups is 2. The minimum absolute atomic E-state index is 0.116. The van der Waals surface area contributed by atoms with Gasteiger partial charge in [-0.25, -0.2) is 9.37 Å². The average molecular weight is 582 g/mol. The van der Waals surface area contributed by atoms with Gasteiger partial charge in [-0.2, -0.15) is 0 Å². The monoisotopic (exact) mass is 581 g/mol. The maximum Gasteiger partial charge on any atom is 0.261 e. The van der Waals surface area contributed by atoms with Crippen molar-refractivity contribution in [1.82, 2.24) is 19.7 Å². The summed E-state index contributed by atoms with van der Waals surface area (Å²) in [6, 6.07) is 6.34. The van der Waals surface area contributed by atoms with Gasteiger partial charge in [-0.1, -0.05) is 36.7 Å². The first-order chi connectivity index (χ1) is 19.7. The zero-order valence-electron chi connectivity index (χ0n) is 23.7. The molecule has 218 valence electrons. The smallest absolute Gasteiger partial charge is 0.261 e. The summed E-state index contributed by atoms with van der Waals surface area (Å²) in [6.07, 6.45) is 5.85. The highest BCUT2D eigenvalue weighted by Gasteiger charge is 2.46. The number of anilines is 1. The highest BCUT2D eigenvalue weighted by Crippen LogP contribution is 2.47. The molecule has 2 amide bonds. The molecule has 0 N–H and O–H groups in total. The third-order valence-electron chi connectivity index (χ3n) is 9.09. The number of hydrogen-bond donors (Lipinski definition) is 0. The molecule has 6 rings (SSSR count). The van der Waals surface area contributed by atoms with Crippen LogP contribution in [0, 0.1) is 5.82 Å². The highest BCUT2D eigenvalue weighted by atomic mass is 35.5. The van der Waals surface area contributed by atoms with E-state index in [1.807, 2.05) is 0 Å². The zero-order chi connectivity index (χ0) is 28.9. The van der Waals surface area contributed by atoms with Crippen molar-refractivity contribution in [2.24, 2.45) is 0 Å². The lowest BCUT2D eigenvalue weighted by atomic mass is 9.97.